The van der Waals surface area contributed by atoms with Crippen molar-refractivity contribution < 1.29 is 4.79 Å². The fourth-order valence-electron chi connectivity index (χ4n) is 1.35. The topological polar surface area (TPSA) is 32.3 Å². The molecule has 0 aromatic rings. The molecule has 1 rings (SSSR count). The number of rotatable bonds is 2. The van der Waals surface area contributed by atoms with E-state index in [1.807, 2.05) is 18.9 Å². The van der Waals surface area contributed by atoms with Crippen molar-refractivity contribution in [2.75, 3.05) is 13.6 Å². The first-order valence-electron chi connectivity index (χ1n) is 4.28. The third-order valence-corrected chi connectivity index (χ3v) is 3.56. The molecular formula is C8H15IN2O. The first-order chi connectivity index (χ1) is 5.66. The zero-order valence-electron chi connectivity index (χ0n) is 7.51. The summed E-state index contributed by atoms with van der Waals surface area (Å²) in [6, 6.07) is -0.0413. The molecule has 0 aromatic heterocycles. The van der Waals surface area contributed by atoms with Gasteiger partial charge in [-0.2, -0.15) is 0 Å². The molecule has 12 heavy (non-hydrogen) atoms. The van der Waals surface area contributed by atoms with Gasteiger partial charge in [0.05, 0.1) is 10.1 Å². The molecule has 2 atom stereocenters. The van der Waals surface area contributed by atoms with Crippen LogP contribution in [0.5, 0.6) is 0 Å². The Bertz CT molecular complexity index is 174. The van der Waals surface area contributed by atoms with Crippen LogP contribution in [0.1, 0.15) is 19.8 Å². The van der Waals surface area contributed by atoms with Crippen molar-refractivity contribution in [1.82, 2.24) is 10.2 Å². The number of hydrogen-bond donors (Lipinski definition) is 1. The second-order valence-electron chi connectivity index (χ2n) is 3.12. The average Bonchev–Trinajstić information content (AvgIpc) is 2.48. The van der Waals surface area contributed by atoms with Gasteiger partial charge >= 0.3 is 0 Å². The number of likely N-dealkylation sites (tertiary alicyclic amines) is 1. The first kappa shape index (κ1) is 10.2. The highest BCUT2D eigenvalue weighted by Gasteiger charge is 2.28. The van der Waals surface area contributed by atoms with E-state index in [0.29, 0.717) is 4.05 Å². The lowest BCUT2D eigenvalue weighted by molar-refractivity contribution is -0.132. The quantitative estimate of drug-likeness (QED) is 0.465. The summed E-state index contributed by atoms with van der Waals surface area (Å²) < 4.78 is 0.408. The molecule has 4 heteroatoms. The van der Waals surface area contributed by atoms with Crippen molar-refractivity contribution in [2.24, 2.45) is 0 Å². The normalized spacial score (nSPS) is 25.9. The number of carbonyl (C=O) groups excluding carboxylic acids is 1. The Hall–Kier alpha value is 0.160. The molecule has 0 radical (unpaired) electrons. The Morgan fingerprint density at radius 2 is 2.42 bits per heavy atom. The summed E-state index contributed by atoms with van der Waals surface area (Å²) >= 11 is 2.34. The van der Waals surface area contributed by atoms with Crippen LogP contribution in [0.2, 0.25) is 0 Å². The van der Waals surface area contributed by atoms with Gasteiger partial charge in [-0.25, -0.2) is 0 Å². The molecular weight excluding hydrogens is 267 g/mol. The molecule has 0 spiro atoms. The minimum atomic E-state index is -0.0413. The highest BCUT2D eigenvalue weighted by atomic mass is 127. The highest BCUT2D eigenvalue weighted by molar-refractivity contribution is 14.1. The Morgan fingerprint density at radius 3 is 2.83 bits per heavy atom. The van der Waals surface area contributed by atoms with Gasteiger partial charge in [0.15, 0.2) is 0 Å². The molecule has 1 aliphatic heterocycles. The van der Waals surface area contributed by atoms with Gasteiger partial charge in [-0.1, -0.05) is 22.6 Å². The van der Waals surface area contributed by atoms with Crippen molar-refractivity contribution in [3.8, 4) is 0 Å². The Kier molecular flexibility index (Phi) is 3.77. The maximum atomic E-state index is 11.6. The van der Waals surface area contributed by atoms with Crippen LogP contribution in [0.15, 0.2) is 0 Å². The second kappa shape index (κ2) is 4.41. The number of hydrogen-bond acceptors (Lipinski definition) is 2. The van der Waals surface area contributed by atoms with E-state index in [9.17, 15) is 4.79 Å². The van der Waals surface area contributed by atoms with Crippen LogP contribution in [0, 0.1) is 0 Å². The third-order valence-electron chi connectivity index (χ3n) is 2.27. The standard InChI is InChI=1S/C8H15IN2O/c1-6(10-2)8(12)11-5-3-4-7(11)9/h6-7,10H,3-5H2,1-2H3/t6-,7+/m0/s1. The van der Waals surface area contributed by atoms with E-state index >= 15 is 0 Å². The number of halogens is 1. The predicted molar refractivity (Wildman–Crippen MR) is 57.3 cm³/mol. The maximum absolute atomic E-state index is 11.6. The molecule has 0 bridgehead atoms. The number of nitrogens with zero attached hydrogens (tertiary/aromatic N) is 1. The van der Waals surface area contributed by atoms with Crippen molar-refractivity contribution in [1.29, 1.82) is 0 Å². The smallest absolute Gasteiger partial charge is 0.240 e. The van der Waals surface area contributed by atoms with E-state index < -0.39 is 0 Å². The zero-order valence-corrected chi connectivity index (χ0v) is 9.67. The number of nitrogens with one attached hydrogen (secondary N) is 1. The fraction of sp³-hybridized carbons (Fsp3) is 0.875. The minimum Gasteiger partial charge on any atom is -0.329 e. The van der Waals surface area contributed by atoms with Gasteiger partial charge in [0.2, 0.25) is 5.91 Å². The van der Waals surface area contributed by atoms with Gasteiger partial charge < -0.3 is 10.2 Å². The van der Waals surface area contributed by atoms with Crippen molar-refractivity contribution in [3.05, 3.63) is 0 Å². The van der Waals surface area contributed by atoms with E-state index in [1.54, 1.807) is 0 Å². The molecule has 3 nitrogen and oxygen atoms in total. The molecule has 0 unspecified atom stereocenters. The molecule has 1 fully saturated rings. The predicted octanol–water partition coefficient (Wildman–Crippen LogP) is 0.978. The van der Waals surface area contributed by atoms with Gasteiger partial charge in [0.25, 0.3) is 0 Å². The fourth-order valence-corrected chi connectivity index (χ4v) is 2.34. The molecule has 0 aromatic carbocycles. The lowest BCUT2D eigenvalue weighted by Gasteiger charge is -2.23. The average molecular weight is 282 g/mol. The SMILES string of the molecule is CN[C@@H](C)C(=O)N1CCC[C@@H]1I. The summed E-state index contributed by atoms with van der Waals surface area (Å²) in [5, 5.41) is 2.97. The van der Waals surface area contributed by atoms with Gasteiger partial charge in [-0.05, 0) is 26.8 Å². The third kappa shape index (κ3) is 2.10. The van der Waals surface area contributed by atoms with Crippen LogP contribution in [-0.4, -0.2) is 34.5 Å². The summed E-state index contributed by atoms with van der Waals surface area (Å²) in [6.45, 7) is 2.84. The van der Waals surface area contributed by atoms with Crippen LogP contribution in [-0.2, 0) is 4.79 Å². The van der Waals surface area contributed by atoms with Crippen LogP contribution < -0.4 is 5.32 Å². The van der Waals surface area contributed by atoms with Gasteiger partial charge in [0, 0.05) is 6.54 Å². The van der Waals surface area contributed by atoms with E-state index in [-0.39, 0.29) is 11.9 Å². The van der Waals surface area contributed by atoms with Crippen LogP contribution in [0.25, 0.3) is 0 Å². The molecule has 1 saturated heterocycles. The maximum Gasteiger partial charge on any atom is 0.240 e. The van der Waals surface area contributed by atoms with E-state index in [2.05, 4.69) is 27.9 Å². The Morgan fingerprint density at radius 1 is 1.75 bits per heavy atom. The Balaban J connectivity index is 2.51. The summed E-state index contributed by atoms with van der Waals surface area (Å²) in [5.41, 5.74) is 0. The van der Waals surface area contributed by atoms with Gasteiger partial charge in [-0.15, -0.1) is 0 Å². The zero-order chi connectivity index (χ0) is 9.14. The minimum absolute atomic E-state index is 0.0413. The molecule has 1 amide bonds. The number of likely N-dealkylation sites (N-methyl/N-ethyl adjacent to an activating group) is 1. The molecule has 1 aliphatic rings. The molecule has 1 heterocycles. The summed E-state index contributed by atoms with van der Waals surface area (Å²) in [6.07, 6.45) is 2.29. The number of carbonyl (C=O) groups is 1. The van der Waals surface area contributed by atoms with E-state index in [4.69, 9.17) is 0 Å². The first-order valence-corrected chi connectivity index (χ1v) is 5.53. The Labute approximate surface area is 87.0 Å². The van der Waals surface area contributed by atoms with E-state index in [0.717, 1.165) is 19.4 Å². The highest BCUT2D eigenvalue weighted by Crippen LogP contribution is 2.22. The van der Waals surface area contributed by atoms with Crippen molar-refractivity contribution in [2.45, 2.75) is 29.9 Å². The van der Waals surface area contributed by atoms with Crippen molar-refractivity contribution in [3.63, 3.8) is 0 Å². The molecule has 1 N–H and O–H groups in total. The largest absolute Gasteiger partial charge is 0.329 e. The summed E-state index contributed by atoms with van der Waals surface area (Å²) in [5.74, 6) is 0.231. The lowest BCUT2D eigenvalue weighted by atomic mass is 10.3. The van der Waals surface area contributed by atoms with Crippen LogP contribution >= 0.6 is 22.6 Å². The van der Waals surface area contributed by atoms with Crippen LogP contribution in [0.4, 0.5) is 0 Å². The van der Waals surface area contributed by atoms with Crippen molar-refractivity contribution >= 4 is 28.5 Å². The molecule has 70 valence electrons. The van der Waals surface area contributed by atoms with Crippen LogP contribution in [0.3, 0.4) is 0 Å². The number of alkyl halides is 1. The summed E-state index contributed by atoms with van der Waals surface area (Å²) in [4.78, 5) is 13.6. The number of amides is 1. The molecule has 0 saturated carbocycles. The van der Waals surface area contributed by atoms with Gasteiger partial charge in [0.1, 0.15) is 0 Å². The monoisotopic (exact) mass is 282 g/mol. The second-order valence-corrected chi connectivity index (χ2v) is 4.56. The lowest BCUT2D eigenvalue weighted by Crippen LogP contribution is -2.44. The molecule has 0 aliphatic carbocycles. The van der Waals surface area contributed by atoms with Gasteiger partial charge in [-0.3, -0.25) is 4.79 Å². The summed E-state index contributed by atoms with van der Waals surface area (Å²) in [7, 11) is 1.82. The van der Waals surface area contributed by atoms with E-state index in [1.165, 1.54) is 0 Å².